The molecule has 42 heavy (non-hydrogen) atoms. The summed E-state index contributed by atoms with van der Waals surface area (Å²) in [5.74, 6) is 1.93. The Labute approximate surface area is 242 Å². The largest absolute Gasteiger partial charge is 0.496 e. The first-order chi connectivity index (χ1) is 20.3. The summed E-state index contributed by atoms with van der Waals surface area (Å²) in [5, 5.41) is 16.0. The number of non-ortho nitro benzene ring substituents is 1. The Morgan fingerprint density at radius 3 is 2.43 bits per heavy atom. The second-order valence-electron chi connectivity index (χ2n) is 10.1. The smallest absolute Gasteiger partial charge is 0.282 e. The average Bonchev–Trinajstić information content (AvgIpc) is 2.99. The van der Waals surface area contributed by atoms with Crippen molar-refractivity contribution in [2.24, 2.45) is 5.10 Å². The van der Waals surface area contributed by atoms with Crippen LogP contribution in [0.3, 0.4) is 0 Å². The van der Waals surface area contributed by atoms with E-state index in [9.17, 15) is 14.9 Å². The third-order valence-corrected chi connectivity index (χ3v) is 6.97. The zero-order valence-corrected chi connectivity index (χ0v) is 23.8. The molecule has 0 amide bonds. The van der Waals surface area contributed by atoms with Gasteiger partial charge in [0.15, 0.2) is 5.82 Å². The van der Waals surface area contributed by atoms with Crippen LogP contribution in [0.15, 0.2) is 94.8 Å². The van der Waals surface area contributed by atoms with Crippen molar-refractivity contribution in [1.82, 2.24) is 9.66 Å². The zero-order valence-electron chi connectivity index (χ0n) is 23.8. The molecule has 0 atom stereocenters. The highest BCUT2D eigenvalue weighted by atomic mass is 16.6. The summed E-state index contributed by atoms with van der Waals surface area (Å²) >= 11 is 0. The first kappa shape index (κ1) is 28.2. The van der Waals surface area contributed by atoms with Gasteiger partial charge in [0.05, 0.1) is 29.2 Å². The number of hydrogen-bond acceptors (Lipinski definition) is 7. The Morgan fingerprint density at radius 2 is 1.71 bits per heavy atom. The van der Waals surface area contributed by atoms with Crippen molar-refractivity contribution in [2.75, 3.05) is 7.11 Å². The van der Waals surface area contributed by atoms with Crippen molar-refractivity contribution >= 4 is 22.8 Å². The summed E-state index contributed by atoms with van der Waals surface area (Å²) < 4.78 is 13.0. The van der Waals surface area contributed by atoms with Crippen molar-refractivity contribution in [3.05, 3.63) is 128 Å². The Hall–Kier alpha value is -5.31. The van der Waals surface area contributed by atoms with Gasteiger partial charge in [-0.05, 0) is 78.1 Å². The standard InChI is InChI=1S/C33H30N4O5/c1-21(2)27-18-28(22(3)17-31(27)41-4)32-35-29-11-7-6-10-26(29)33(38)36(32)34-19-24-9-5-8-12-30(24)42-20-23-13-15-25(16-14-23)37(39)40/h5-19,21H,20H2,1-4H3. The van der Waals surface area contributed by atoms with Crippen molar-refractivity contribution in [1.29, 1.82) is 0 Å². The molecule has 0 N–H and O–H groups in total. The number of benzene rings is 4. The quantitative estimate of drug-likeness (QED) is 0.110. The summed E-state index contributed by atoms with van der Waals surface area (Å²) in [6.45, 7) is 6.33. The highest BCUT2D eigenvalue weighted by Gasteiger charge is 2.18. The van der Waals surface area contributed by atoms with Crippen molar-refractivity contribution in [3.63, 3.8) is 0 Å². The zero-order chi connectivity index (χ0) is 29.8. The molecule has 0 spiro atoms. The molecule has 0 aliphatic carbocycles. The normalized spacial score (nSPS) is 11.4. The number of nitro benzene ring substituents is 1. The van der Waals surface area contributed by atoms with Crippen LogP contribution in [0.1, 0.15) is 42.0 Å². The fourth-order valence-corrected chi connectivity index (χ4v) is 4.69. The second kappa shape index (κ2) is 12.1. The minimum absolute atomic E-state index is 0.0177. The predicted octanol–water partition coefficient (Wildman–Crippen LogP) is 6.87. The fourth-order valence-electron chi connectivity index (χ4n) is 4.69. The Morgan fingerprint density at radius 1 is 1.00 bits per heavy atom. The van der Waals surface area contributed by atoms with Crippen LogP contribution in [0.5, 0.6) is 11.5 Å². The lowest BCUT2D eigenvalue weighted by atomic mass is 9.96. The lowest BCUT2D eigenvalue weighted by Crippen LogP contribution is -2.21. The topological polar surface area (TPSA) is 109 Å². The summed E-state index contributed by atoms with van der Waals surface area (Å²) in [6, 6.07) is 24.7. The highest BCUT2D eigenvalue weighted by molar-refractivity contribution is 5.84. The van der Waals surface area contributed by atoms with Gasteiger partial charge in [0, 0.05) is 23.3 Å². The molecule has 1 aromatic heterocycles. The van der Waals surface area contributed by atoms with E-state index in [0.717, 1.165) is 28.0 Å². The molecule has 9 heteroatoms. The fraction of sp³-hybridized carbons (Fsp3) is 0.182. The molecule has 5 aromatic rings. The van der Waals surface area contributed by atoms with Gasteiger partial charge in [-0.15, -0.1) is 0 Å². The number of aryl methyl sites for hydroxylation is 1. The van der Waals surface area contributed by atoms with Gasteiger partial charge in [-0.1, -0.05) is 38.1 Å². The van der Waals surface area contributed by atoms with E-state index in [2.05, 4.69) is 18.9 Å². The van der Waals surface area contributed by atoms with Crippen LogP contribution >= 0.6 is 0 Å². The highest BCUT2D eigenvalue weighted by Crippen LogP contribution is 2.34. The predicted molar refractivity (Wildman–Crippen MR) is 164 cm³/mol. The molecule has 5 rings (SSSR count). The molecule has 0 saturated carbocycles. The molecule has 0 saturated heterocycles. The van der Waals surface area contributed by atoms with E-state index in [4.69, 9.17) is 14.5 Å². The lowest BCUT2D eigenvalue weighted by Gasteiger charge is -2.17. The SMILES string of the molecule is COc1cc(C)c(-c2nc3ccccc3c(=O)n2N=Cc2ccccc2OCc2ccc([N+](=O)[O-])cc2)cc1C(C)C. The van der Waals surface area contributed by atoms with Crippen molar-refractivity contribution in [3.8, 4) is 22.9 Å². The number of methoxy groups -OCH3 is 1. The number of rotatable bonds is 9. The Kier molecular flexibility index (Phi) is 8.10. The van der Waals surface area contributed by atoms with E-state index in [-0.39, 0.29) is 23.8 Å². The van der Waals surface area contributed by atoms with E-state index in [1.165, 1.54) is 16.8 Å². The molecule has 0 unspecified atom stereocenters. The summed E-state index contributed by atoms with van der Waals surface area (Å²) in [7, 11) is 1.65. The van der Waals surface area contributed by atoms with Crippen LogP contribution in [-0.2, 0) is 6.61 Å². The van der Waals surface area contributed by atoms with E-state index >= 15 is 0 Å². The summed E-state index contributed by atoms with van der Waals surface area (Å²) in [6.07, 6.45) is 1.58. The minimum atomic E-state index is -0.439. The van der Waals surface area contributed by atoms with Crippen LogP contribution in [0.25, 0.3) is 22.3 Å². The van der Waals surface area contributed by atoms with Gasteiger partial charge in [0.25, 0.3) is 11.2 Å². The van der Waals surface area contributed by atoms with Gasteiger partial charge in [0.2, 0.25) is 0 Å². The molecule has 0 aliphatic rings. The van der Waals surface area contributed by atoms with E-state index in [0.29, 0.717) is 28.0 Å². The van der Waals surface area contributed by atoms with Crippen molar-refractivity contribution < 1.29 is 14.4 Å². The number of hydrogen-bond donors (Lipinski definition) is 0. The first-order valence-corrected chi connectivity index (χ1v) is 13.5. The molecule has 0 bridgehead atoms. The number of nitro groups is 1. The summed E-state index contributed by atoms with van der Waals surface area (Å²) in [5.41, 5.74) is 4.41. The molecule has 0 aliphatic heterocycles. The van der Waals surface area contributed by atoms with Gasteiger partial charge in [-0.3, -0.25) is 14.9 Å². The van der Waals surface area contributed by atoms with Crippen LogP contribution in [0, 0.1) is 17.0 Å². The van der Waals surface area contributed by atoms with E-state index in [1.807, 2.05) is 49.4 Å². The average molecular weight is 563 g/mol. The van der Waals surface area contributed by atoms with Gasteiger partial charge >= 0.3 is 0 Å². The van der Waals surface area contributed by atoms with Crippen LogP contribution in [0.4, 0.5) is 5.69 Å². The molecule has 0 radical (unpaired) electrons. The van der Waals surface area contributed by atoms with Crippen molar-refractivity contribution in [2.45, 2.75) is 33.3 Å². The maximum atomic E-state index is 13.8. The third kappa shape index (κ3) is 5.76. The maximum absolute atomic E-state index is 13.8. The van der Waals surface area contributed by atoms with Gasteiger partial charge < -0.3 is 9.47 Å². The van der Waals surface area contributed by atoms with Gasteiger partial charge in [-0.2, -0.15) is 9.78 Å². The monoisotopic (exact) mass is 562 g/mol. The number of aromatic nitrogens is 2. The first-order valence-electron chi connectivity index (χ1n) is 13.5. The van der Waals surface area contributed by atoms with Crippen LogP contribution in [0.2, 0.25) is 0 Å². The summed E-state index contributed by atoms with van der Waals surface area (Å²) in [4.78, 5) is 29.2. The van der Waals surface area contributed by atoms with Crippen LogP contribution in [-0.4, -0.2) is 27.9 Å². The van der Waals surface area contributed by atoms with Gasteiger partial charge in [0.1, 0.15) is 18.1 Å². The Balaban J connectivity index is 1.57. The maximum Gasteiger partial charge on any atom is 0.282 e. The number of ether oxygens (including phenoxy) is 2. The Bertz CT molecular complexity index is 1860. The molecule has 1 heterocycles. The van der Waals surface area contributed by atoms with Gasteiger partial charge in [-0.25, -0.2) is 4.98 Å². The molecular weight excluding hydrogens is 532 g/mol. The third-order valence-electron chi connectivity index (χ3n) is 6.97. The molecule has 4 aromatic carbocycles. The number of para-hydroxylation sites is 2. The van der Waals surface area contributed by atoms with E-state index < -0.39 is 4.92 Å². The van der Waals surface area contributed by atoms with Crippen LogP contribution < -0.4 is 15.0 Å². The molecule has 212 valence electrons. The molecule has 0 fully saturated rings. The number of fused-ring (bicyclic) bond motifs is 1. The van der Waals surface area contributed by atoms with E-state index in [1.54, 1.807) is 43.7 Å². The minimum Gasteiger partial charge on any atom is -0.496 e. The molecular formula is C33H30N4O5. The second-order valence-corrected chi connectivity index (χ2v) is 10.1. The number of nitrogens with zero attached hydrogens (tertiary/aromatic N) is 4. The molecule has 9 nitrogen and oxygen atoms in total. The lowest BCUT2D eigenvalue weighted by molar-refractivity contribution is -0.384.